The molecule has 0 fully saturated rings. The van der Waals surface area contributed by atoms with Crippen molar-refractivity contribution < 1.29 is 16.8 Å². The van der Waals surface area contributed by atoms with Crippen LogP contribution in [0.25, 0.3) is 0 Å². The van der Waals surface area contributed by atoms with E-state index in [0.717, 1.165) is 6.26 Å². The van der Waals surface area contributed by atoms with Gasteiger partial charge in [-0.15, -0.1) is 12.4 Å². The zero-order valence-corrected chi connectivity index (χ0v) is 16.2. The molecule has 0 saturated carbocycles. The summed E-state index contributed by atoms with van der Waals surface area (Å²) in [5.74, 6) is 0. The second-order valence-corrected chi connectivity index (χ2v) is 9.34. The summed E-state index contributed by atoms with van der Waals surface area (Å²) in [5, 5.41) is 0. The van der Waals surface area contributed by atoms with Crippen LogP contribution in [0.3, 0.4) is 0 Å². The molecule has 0 atom stereocenters. The van der Waals surface area contributed by atoms with Crippen LogP contribution in [0.1, 0.15) is 32.3 Å². The van der Waals surface area contributed by atoms with Crippen molar-refractivity contribution in [2.24, 2.45) is 5.73 Å². The lowest BCUT2D eigenvalue weighted by atomic mass is 9.95. The first-order chi connectivity index (χ1) is 9.95. The Labute approximate surface area is 145 Å². The van der Waals surface area contributed by atoms with Gasteiger partial charge in [-0.1, -0.05) is 19.9 Å². The minimum absolute atomic E-state index is 0. The van der Waals surface area contributed by atoms with Crippen LogP contribution in [0.2, 0.25) is 0 Å². The molecule has 0 amide bonds. The van der Waals surface area contributed by atoms with E-state index in [1.165, 1.54) is 18.2 Å². The first kappa shape index (κ1) is 22.3. The van der Waals surface area contributed by atoms with Crippen LogP contribution < -0.4 is 10.5 Å². The van der Waals surface area contributed by atoms with E-state index in [4.69, 9.17) is 5.73 Å². The Kier molecular flexibility index (Phi) is 7.70. The van der Waals surface area contributed by atoms with Crippen molar-refractivity contribution in [3.8, 4) is 0 Å². The van der Waals surface area contributed by atoms with Gasteiger partial charge in [-0.2, -0.15) is 0 Å². The van der Waals surface area contributed by atoms with Gasteiger partial charge in [-0.05, 0) is 37.5 Å². The fourth-order valence-electron chi connectivity index (χ4n) is 1.92. The first-order valence-corrected chi connectivity index (χ1v) is 10.4. The summed E-state index contributed by atoms with van der Waals surface area (Å²) in [6.45, 7) is 5.52. The monoisotopic (exact) mass is 384 g/mol. The third-order valence-corrected chi connectivity index (χ3v) is 6.55. The highest BCUT2D eigenvalue weighted by Gasteiger charge is 2.25. The molecule has 134 valence electrons. The largest absolute Gasteiger partial charge is 0.324 e. The van der Waals surface area contributed by atoms with Crippen molar-refractivity contribution in [2.75, 3.05) is 12.8 Å². The van der Waals surface area contributed by atoms with Gasteiger partial charge in [0.15, 0.2) is 9.84 Å². The number of nitrogens with two attached hydrogens (primary N) is 1. The maximum atomic E-state index is 12.4. The van der Waals surface area contributed by atoms with E-state index in [0.29, 0.717) is 18.4 Å². The molecular formula is C14H25ClN2O4S2. The number of hydrogen-bond acceptors (Lipinski definition) is 5. The summed E-state index contributed by atoms with van der Waals surface area (Å²) in [7, 11) is -7.29. The Bertz CT molecular complexity index is 742. The van der Waals surface area contributed by atoms with Gasteiger partial charge in [-0.3, -0.25) is 0 Å². The smallest absolute Gasteiger partial charge is 0.240 e. The van der Waals surface area contributed by atoms with Crippen molar-refractivity contribution in [3.63, 3.8) is 0 Å². The highest BCUT2D eigenvalue weighted by molar-refractivity contribution is 7.91. The van der Waals surface area contributed by atoms with Gasteiger partial charge in [0.25, 0.3) is 0 Å². The Balaban J connectivity index is 0.00000484. The third-order valence-electron chi connectivity index (χ3n) is 3.90. The molecule has 1 rings (SSSR count). The molecule has 0 aliphatic heterocycles. The van der Waals surface area contributed by atoms with Crippen LogP contribution in [-0.2, 0) is 19.9 Å². The summed E-state index contributed by atoms with van der Waals surface area (Å²) in [5.41, 5.74) is 5.96. The van der Waals surface area contributed by atoms with E-state index < -0.39 is 25.4 Å². The van der Waals surface area contributed by atoms with Gasteiger partial charge in [0, 0.05) is 18.3 Å². The number of hydrogen-bond donors (Lipinski definition) is 2. The predicted molar refractivity (Wildman–Crippen MR) is 94.2 cm³/mol. The molecule has 0 aromatic heterocycles. The molecule has 0 spiro atoms. The quantitative estimate of drug-likeness (QED) is 0.742. The van der Waals surface area contributed by atoms with Gasteiger partial charge in [0.1, 0.15) is 0 Å². The average Bonchev–Trinajstić information content (AvgIpc) is 2.44. The molecule has 3 N–H and O–H groups in total. The summed E-state index contributed by atoms with van der Waals surface area (Å²) >= 11 is 0. The second kappa shape index (κ2) is 7.94. The van der Waals surface area contributed by atoms with Crippen LogP contribution in [0, 0.1) is 6.92 Å². The van der Waals surface area contributed by atoms with Crippen LogP contribution in [0.15, 0.2) is 28.0 Å². The van der Waals surface area contributed by atoms with E-state index in [1.807, 2.05) is 13.8 Å². The van der Waals surface area contributed by atoms with Gasteiger partial charge < -0.3 is 5.73 Å². The number of sulfone groups is 1. The normalized spacial score (nSPS) is 12.7. The lowest BCUT2D eigenvalue weighted by Gasteiger charge is -2.26. The summed E-state index contributed by atoms with van der Waals surface area (Å²) in [6.07, 6.45) is 2.31. The van der Waals surface area contributed by atoms with Crippen LogP contribution in [0.4, 0.5) is 0 Å². The topological polar surface area (TPSA) is 106 Å². The molecule has 9 heteroatoms. The Morgan fingerprint density at radius 3 is 2.09 bits per heavy atom. The standard InChI is InChI=1S/C14H24N2O4S2.ClH/c1-5-14(15,6-2)10-16-22(19,20)13-9-12(21(4,17)18)8-7-11(13)3;/h7-9,16H,5-6,10,15H2,1-4H3;1H. The lowest BCUT2D eigenvalue weighted by molar-refractivity contribution is 0.391. The number of rotatable bonds is 7. The van der Waals surface area contributed by atoms with E-state index >= 15 is 0 Å². The van der Waals surface area contributed by atoms with Crippen LogP contribution in [0.5, 0.6) is 0 Å². The number of benzene rings is 1. The minimum atomic E-state index is -3.82. The van der Waals surface area contributed by atoms with E-state index in [-0.39, 0.29) is 28.7 Å². The van der Waals surface area contributed by atoms with E-state index in [1.54, 1.807) is 6.92 Å². The number of sulfonamides is 1. The van der Waals surface area contributed by atoms with Gasteiger partial charge >= 0.3 is 0 Å². The highest BCUT2D eigenvalue weighted by atomic mass is 35.5. The Morgan fingerprint density at radius 1 is 1.13 bits per heavy atom. The molecule has 0 aliphatic rings. The molecule has 23 heavy (non-hydrogen) atoms. The SMILES string of the molecule is CCC(N)(CC)CNS(=O)(=O)c1cc(S(C)(=O)=O)ccc1C.Cl. The number of halogens is 1. The van der Waals surface area contributed by atoms with Gasteiger partial charge in [0.2, 0.25) is 10.0 Å². The maximum absolute atomic E-state index is 12.4. The zero-order chi connectivity index (χ0) is 17.2. The Hall–Kier alpha value is -0.670. The average molecular weight is 385 g/mol. The molecule has 0 aliphatic carbocycles. The van der Waals surface area contributed by atoms with Crippen molar-refractivity contribution >= 4 is 32.3 Å². The molecule has 1 aromatic rings. The fourth-order valence-corrected chi connectivity index (χ4v) is 4.05. The Morgan fingerprint density at radius 2 is 1.65 bits per heavy atom. The molecule has 0 unspecified atom stereocenters. The van der Waals surface area contributed by atoms with Crippen molar-refractivity contribution in [3.05, 3.63) is 23.8 Å². The first-order valence-electron chi connectivity index (χ1n) is 7.04. The van der Waals surface area contributed by atoms with Gasteiger partial charge in [0.05, 0.1) is 9.79 Å². The molecule has 0 saturated heterocycles. The van der Waals surface area contributed by atoms with E-state index in [2.05, 4.69) is 4.72 Å². The lowest BCUT2D eigenvalue weighted by Crippen LogP contribution is -2.49. The summed E-state index contributed by atoms with van der Waals surface area (Å²) in [4.78, 5) is -0.0616. The predicted octanol–water partition coefficient (Wildman–Crippen LogP) is 1.62. The third kappa shape index (κ3) is 5.72. The summed E-state index contributed by atoms with van der Waals surface area (Å²) in [6, 6.07) is 4.07. The molecular weight excluding hydrogens is 360 g/mol. The van der Waals surface area contributed by atoms with Crippen LogP contribution in [-0.4, -0.2) is 35.2 Å². The molecule has 1 aromatic carbocycles. The number of aryl methyl sites for hydroxylation is 1. The molecule has 0 bridgehead atoms. The van der Waals surface area contributed by atoms with Crippen molar-refractivity contribution in [1.82, 2.24) is 4.72 Å². The molecule has 0 heterocycles. The van der Waals surface area contributed by atoms with E-state index in [9.17, 15) is 16.8 Å². The van der Waals surface area contributed by atoms with Gasteiger partial charge in [-0.25, -0.2) is 21.6 Å². The highest BCUT2D eigenvalue weighted by Crippen LogP contribution is 2.21. The second-order valence-electron chi connectivity index (χ2n) is 5.59. The van der Waals surface area contributed by atoms with Crippen molar-refractivity contribution in [2.45, 2.75) is 48.9 Å². The van der Waals surface area contributed by atoms with Crippen LogP contribution >= 0.6 is 12.4 Å². The zero-order valence-electron chi connectivity index (χ0n) is 13.8. The maximum Gasteiger partial charge on any atom is 0.240 e. The number of nitrogens with one attached hydrogen (secondary N) is 1. The fraction of sp³-hybridized carbons (Fsp3) is 0.571. The summed E-state index contributed by atoms with van der Waals surface area (Å²) < 4.78 is 50.6. The van der Waals surface area contributed by atoms with Crippen molar-refractivity contribution in [1.29, 1.82) is 0 Å². The molecule has 6 nitrogen and oxygen atoms in total. The minimum Gasteiger partial charge on any atom is -0.324 e. The molecule has 0 radical (unpaired) electrons.